The number of benzene rings is 1. The maximum absolute atomic E-state index is 11.3. The first-order chi connectivity index (χ1) is 8.49. The molecule has 0 radical (unpaired) electrons. The summed E-state index contributed by atoms with van der Waals surface area (Å²) in [7, 11) is 0. The van der Waals surface area contributed by atoms with E-state index in [2.05, 4.69) is 15.9 Å². The van der Waals surface area contributed by atoms with Crippen molar-refractivity contribution in [1.82, 2.24) is 4.57 Å². The molecule has 2 aromatic rings. The largest absolute Gasteiger partial charge is 0.477 e. The molecule has 0 amide bonds. The second-order valence-electron chi connectivity index (χ2n) is 3.82. The Morgan fingerprint density at radius 3 is 2.33 bits per heavy atom. The van der Waals surface area contributed by atoms with E-state index in [4.69, 9.17) is 5.11 Å². The Morgan fingerprint density at radius 2 is 1.83 bits per heavy atom. The van der Waals surface area contributed by atoms with Gasteiger partial charge in [-0.05, 0) is 37.3 Å². The normalized spacial score (nSPS) is 10.3. The van der Waals surface area contributed by atoms with Crippen molar-refractivity contribution in [2.24, 2.45) is 0 Å². The zero-order valence-electron chi connectivity index (χ0n) is 9.55. The molecule has 0 atom stereocenters. The SMILES string of the molecule is CC(=O)c1cc(C(=O)O)n(-c2ccc(Br)cc2)c1. The third-order valence-corrected chi connectivity index (χ3v) is 3.08. The maximum Gasteiger partial charge on any atom is 0.352 e. The van der Waals surface area contributed by atoms with Gasteiger partial charge in [0.15, 0.2) is 5.78 Å². The lowest BCUT2D eigenvalue weighted by Crippen LogP contribution is -2.05. The molecule has 1 heterocycles. The Bertz CT molecular complexity index is 614. The van der Waals surface area contributed by atoms with Gasteiger partial charge in [0.25, 0.3) is 0 Å². The van der Waals surface area contributed by atoms with Crippen LogP contribution < -0.4 is 0 Å². The van der Waals surface area contributed by atoms with Crippen LogP contribution in [-0.4, -0.2) is 21.4 Å². The highest BCUT2D eigenvalue weighted by Crippen LogP contribution is 2.19. The molecular formula is C13H10BrNO3. The summed E-state index contributed by atoms with van der Waals surface area (Å²) >= 11 is 3.31. The quantitative estimate of drug-likeness (QED) is 0.886. The lowest BCUT2D eigenvalue weighted by Gasteiger charge is -2.05. The fourth-order valence-electron chi connectivity index (χ4n) is 1.64. The van der Waals surface area contributed by atoms with Crippen molar-refractivity contribution < 1.29 is 14.7 Å². The minimum absolute atomic E-state index is 0.0718. The van der Waals surface area contributed by atoms with Crippen LogP contribution in [0.25, 0.3) is 5.69 Å². The van der Waals surface area contributed by atoms with Gasteiger partial charge < -0.3 is 9.67 Å². The van der Waals surface area contributed by atoms with Gasteiger partial charge in [-0.2, -0.15) is 0 Å². The zero-order valence-corrected chi connectivity index (χ0v) is 11.1. The monoisotopic (exact) mass is 307 g/mol. The van der Waals surface area contributed by atoms with E-state index in [0.717, 1.165) is 4.47 Å². The standard InChI is InChI=1S/C13H10BrNO3/c1-8(16)9-6-12(13(17)18)15(7-9)11-4-2-10(14)3-5-11/h2-7H,1H3,(H,17,18). The molecule has 0 fully saturated rings. The summed E-state index contributed by atoms with van der Waals surface area (Å²) in [6.07, 6.45) is 1.54. The van der Waals surface area contributed by atoms with Gasteiger partial charge in [-0.1, -0.05) is 15.9 Å². The molecule has 0 bridgehead atoms. The number of hydrogen-bond acceptors (Lipinski definition) is 2. The van der Waals surface area contributed by atoms with Crippen LogP contribution in [-0.2, 0) is 0 Å². The van der Waals surface area contributed by atoms with Gasteiger partial charge in [0, 0.05) is 21.9 Å². The number of Topliss-reactive ketones (excluding diaryl/α,β-unsaturated/α-hetero) is 1. The van der Waals surface area contributed by atoms with E-state index >= 15 is 0 Å². The average Bonchev–Trinajstić information content (AvgIpc) is 2.75. The third-order valence-electron chi connectivity index (χ3n) is 2.55. The molecule has 92 valence electrons. The van der Waals surface area contributed by atoms with Gasteiger partial charge in [0.2, 0.25) is 0 Å². The summed E-state index contributed by atoms with van der Waals surface area (Å²) in [4.78, 5) is 22.5. The number of ketones is 1. The topological polar surface area (TPSA) is 59.3 Å². The van der Waals surface area contributed by atoms with Crippen LogP contribution in [0, 0.1) is 0 Å². The van der Waals surface area contributed by atoms with Gasteiger partial charge in [0.1, 0.15) is 5.69 Å². The molecule has 0 aliphatic rings. The number of hydrogen-bond donors (Lipinski definition) is 1. The van der Waals surface area contributed by atoms with Crippen molar-refractivity contribution in [3.8, 4) is 5.69 Å². The molecule has 0 aliphatic carbocycles. The molecule has 5 heteroatoms. The van der Waals surface area contributed by atoms with Crippen molar-refractivity contribution in [3.63, 3.8) is 0 Å². The van der Waals surface area contributed by atoms with Crippen LogP contribution in [0.5, 0.6) is 0 Å². The molecule has 0 saturated heterocycles. The summed E-state index contributed by atoms with van der Waals surface area (Å²) in [5.41, 5.74) is 1.15. The van der Waals surface area contributed by atoms with E-state index in [1.165, 1.54) is 23.8 Å². The second kappa shape index (κ2) is 4.78. The molecule has 0 aliphatic heterocycles. The predicted molar refractivity (Wildman–Crippen MR) is 70.4 cm³/mol. The fourth-order valence-corrected chi connectivity index (χ4v) is 1.90. The van der Waals surface area contributed by atoms with E-state index in [1.54, 1.807) is 12.1 Å². The van der Waals surface area contributed by atoms with E-state index in [-0.39, 0.29) is 11.5 Å². The fraction of sp³-hybridized carbons (Fsp3) is 0.0769. The molecule has 1 aromatic carbocycles. The van der Waals surface area contributed by atoms with Gasteiger partial charge in [0.05, 0.1) is 0 Å². The average molecular weight is 308 g/mol. The molecule has 18 heavy (non-hydrogen) atoms. The van der Waals surface area contributed by atoms with Crippen molar-refractivity contribution in [2.45, 2.75) is 6.92 Å². The van der Waals surface area contributed by atoms with Crippen molar-refractivity contribution >= 4 is 27.7 Å². The molecule has 4 nitrogen and oxygen atoms in total. The highest BCUT2D eigenvalue weighted by molar-refractivity contribution is 9.10. The van der Waals surface area contributed by atoms with Crippen LogP contribution in [0.15, 0.2) is 41.0 Å². The molecule has 1 aromatic heterocycles. The number of halogens is 1. The summed E-state index contributed by atoms with van der Waals surface area (Å²) in [6, 6.07) is 8.57. The Hall–Kier alpha value is -1.88. The molecule has 2 rings (SSSR count). The van der Waals surface area contributed by atoms with Gasteiger partial charge in [-0.25, -0.2) is 4.79 Å². The molecule has 0 spiro atoms. The van der Waals surface area contributed by atoms with Crippen molar-refractivity contribution in [3.05, 3.63) is 52.3 Å². The summed E-state index contributed by atoms with van der Waals surface area (Å²) in [6.45, 7) is 1.41. The minimum atomic E-state index is -1.06. The first-order valence-corrected chi connectivity index (χ1v) is 6.01. The smallest absolute Gasteiger partial charge is 0.352 e. The van der Waals surface area contributed by atoms with Crippen LogP contribution in [0.2, 0.25) is 0 Å². The van der Waals surface area contributed by atoms with E-state index in [0.29, 0.717) is 11.3 Å². The first-order valence-electron chi connectivity index (χ1n) is 5.21. The number of carbonyl (C=O) groups is 2. The van der Waals surface area contributed by atoms with E-state index < -0.39 is 5.97 Å². The van der Waals surface area contributed by atoms with Crippen molar-refractivity contribution in [2.75, 3.05) is 0 Å². The number of carbonyl (C=O) groups excluding carboxylic acids is 1. The van der Waals surface area contributed by atoms with Gasteiger partial charge in [-0.15, -0.1) is 0 Å². The number of rotatable bonds is 3. The first kappa shape index (κ1) is 12.6. The Labute approximate surface area is 112 Å². The van der Waals surface area contributed by atoms with Crippen LogP contribution in [0.4, 0.5) is 0 Å². The minimum Gasteiger partial charge on any atom is -0.477 e. The summed E-state index contributed by atoms with van der Waals surface area (Å²) in [5, 5.41) is 9.14. The molecule has 1 N–H and O–H groups in total. The van der Waals surface area contributed by atoms with Crippen LogP contribution in [0.1, 0.15) is 27.8 Å². The molecule has 0 unspecified atom stereocenters. The van der Waals surface area contributed by atoms with Gasteiger partial charge in [-0.3, -0.25) is 4.79 Å². The van der Waals surface area contributed by atoms with Gasteiger partial charge >= 0.3 is 5.97 Å². The highest BCUT2D eigenvalue weighted by Gasteiger charge is 2.15. The number of aromatic nitrogens is 1. The predicted octanol–water partition coefficient (Wildman–Crippen LogP) is 3.14. The van der Waals surface area contributed by atoms with Crippen LogP contribution in [0.3, 0.4) is 0 Å². The lowest BCUT2D eigenvalue weighted by atomic mass is 10.2. The Balaban J connectivity index is 2.58. The molecule has 0 saturated carbocycles. The Kier molecular flexibility index (Phi) is 3.34. The number of aromatic carboxylic acids is 1. The van der Waals surface area contributed by atoms with Crippen LogP contribution >= 0.6 is 15.9 Å². The van der Waals surface area contributed by atoms with E-state index in [1.807, 2.05) is 12.1 Å². The maximum atomic E-state index is 11.3. The van der Waals surface area contributed by atoms with E-state index in [9.17, 15) is 9.59 Å². The number of nitrogens with zero attached hydrogens (tertiary/aromatic N) is 1. The molecular weight excluding hydrogens is 298 g/mol. The Morgan fingerprint density at radius 1 is 1.22 bits per heavy atom. The number of carboxylic acid groups (broad SMARTS) is 1. The highest BCUT2D eigenvalue weighted by atomic mass is 79.9. The lowest BCUT2D eigenvalue weighted by molar-refractivity contribution is 0.0688. The third kappa shape index (κ3) is 2.36. The second-order valence-corrected chi connectivity index (χ2v) is 4.74. The summed E-state index contributed by atoms with van der Waals surface area (Å²) in [5.74, 6) is -1.22. The summed E-state index contributed by atoms with van der Waals surface area (Å²) < 4.78 is 2.40. The van der Waals surface area contributed by atoms with Crippen molar-refractivity contribution in [1.29, 1.82) is 0 Å². The zero-order chi connectivity index (χ0) is 13.3. The number of carboxylic acids is 1.